The van der Waals surface area contributed by atoms with Crippen LogP contribution >= 0.6 is 15.9 Å². The van der Waals surface area contributed by atoms with Gasteiger partial charge in [0.1, 0.15) is 6.61 Å². The van der Waals surface area contributed by atoms with Crippen molar-refractivity contribution in [2.75, 3.05) is 11.9 Å². The molecule has 0 heterocycles. The molecular weight excluding hydrogens is 348 g/mol. The topological polar surface area (TPSA) is 64.4 Å². The maximum atomic E-state index is 11.0. The molecule has 6 heteroatoms. The Bertz CT molecular complexity index is 675. The first-order valence-electron chi connectivity index (χ1n) is 6.61. The summed E-state index contributed by atoms with van der Waals surface area (Å²) < 4.78 is 6.34. The van der Waals surface area contributed by atoms with Gasteiger partial charge in [0.15, 0.2) is 5.75 Å². The van der Waals surface area contributed by atoms with Crippen molar-refractivity contribution < 1.29 is 9.66 Å². The molecule has 0 aromatic heterocycles. The van der Waals surface area contributed by atoms with Crippen molar-refractivity contribution in [3.05, 3.63) is 75.3 Å². The zero-order valence-electron chi connectivity index (χ0n) is 11.8. The largest absolute Gasteiger partial charge is 0.486 e. The van der Waals surface area contributed by atoms with E-state index in [1.54, 1.807) is 6.08 Å². The molecule has 2 rings (SSSR count). The van der Waals surface area contributed by atoms with Crippen molar-refractivity contribution >= 4 is 27.3 Å². The molecule has 1 N–H and O–H groups in total. The van der Waals surface area contributed by atoms with E-state index in [4.69, 9.17) is 4.74 Å². The number of ether oxygens (including phenoxy) is 1. The van der Waals surface area contributed by atoms with Gasteiger partial charge < -0.3 is 10.1 Å². The van der Waals surface area contributed by atoms with Crippen LogP contribution in [0.25, 0.3) is 0 Å². The zero-order valence-corrected chi connectivity index (χ0v) is 13.4. The van der Waals surface area contributed by atoms with Crippen LogP contribution < -0.4 is 10.1 Å². The fraction of sp³-hybridized carbons (Fsp3) is 0.125. The Morgan fingerprint density at radius 2 is 2.05 bits per heavy atom. The molecular formula is C16H15BrN2O3. The molecule has 5 nitrogen and oxygen atoms in total. The smallest absolute Gasteiger partial charge is 0.274 e. The number of hydrogen-bond donors (Lipinski definition) is 1. The molecule has 0 aliphatic rings. The summed E-state index contributed by atoms with van der Waals surface area (Å²) in [7, 11) is 0. The van der Waals surface area contributed by atoms with E-state index in [2.05, 4.69) is 27.8 Å². The minimum absolute atomic E-state index is 0.0286. The van der Waals surface area contributed by atoms with Gasteiger partial charge in [-0.1, -0.05) is 36.4 Å². The summed E-state index contributed by atoms with van der Waals surface area (Å²) in [5, 5.41) is 14.1. The van der Waals surface area contributed by atoms with Crippen LogP contribution in [-0.4, -0.2) is 11.5 Å². The van der Waals surface area contributed by atoms with Crippen LogP contribution in [0.3, 0.4) is 0 Å². The molecule has 22 heavy (non-hydrogen) atoms. The summed E-state index contributed by atoms with van der Waals surface area (Å²) in [5.74, 6) is 0.423. The average Bonchev–Trinajstić information content (AvgIpc) is 2.52. The molecule has 0 amide bonds. The molecule has 0 saturated carbocycles. The van der Waals surface area contributed by atoms with Gasteiger partial charge in [0.2, 0.25) is 0 Å². The highest BCUT2D eigenvalue weighted by atomic mass is 79.9. The quantitative estimate of drug-likeness (QED) is 0.446. The Hall–Kier alpha value is -2.34. The third-order valence-corrected chi connectivity index (χ3v) is 3.54. The number of nitrogens with one attached hydrogen (secondary N) is 1. The van der Waals surface area contributed by atoms with E-state index in [0.29, 0.717) is 29.1 Å². The lowest BCUT2D eigenvalue weighted by Gasteiger charge is -2.14. The lowest BCUT2D eigenvalue weighted by molar-refractivity contribution is -0.385. The minimum Gasteiger partial charge on any atom is -0.486 e. The van der Waals surface area contributed by atoms with E-state index < -0.39 is 4.92 Å². The van der Waals surface area contributed by atoms with Gasteiger partial charge in [-0.3, -0.25) is 10.1 Å². The molecule has 0 aliphatic heterocycles. The van der Waals surface area contributed by atoms with Gasteiger partial charge in [-0.25, -0.2) is 0 Å². The number of nitro groups is 1. The Labute approximate surface area is 136 Å². The standard InChI is InChI=1S/C16H15BrN2O3/c1-2-8-18-16-14(17)9-13(19(20)21)10-15(16)22-11-12-6-4-3-5-7-12/h2-7,9-10,18H,1,8,11H2. The van der Waals surface area contributed by atoms with Crippen LogP contribution in [-0.2, 0) is 6.61 Å². The van der Waals surface area contributed by atoms with Crippen molar-refractivity contribution in [3.8, 4) is 5.75 Å². The predicted molar refractivity (Wildman–Crippen MR) is 90.3 cm³/mol. The van der Waals surface area contributed by atoms with Gasteiger partial charge in [0, 0.05) is 12.6 Å². The summed E-state index contributed by atoms with van der Waals surface area (Å²) >= 11 is 3.34. The molecule has 114 valence electrons. The summed E-state index contributed by atoms with van der Waals surface area (Å²) in [6.07, 6.45) is 1.70. The molecule has 0 radical (unpaired) electrons. The highest BCUT2D eigenvalue weighted by molar-refractivity contribution is 9.10. The van der Waals surface area contributed by atoms with Crippen LogP contribution in [0.1, 0.15) is 5.56 Å². The Morgan fingerprint density at radius 1 is 1.32 bits per heavy atom. The van der Waals surface area contributed by atoms with Crippen molar-refractivity contribution in [3.63, 3.8) is 0 Å². The van der Waals surface area contributed by atoms with Crippen molar-refractivity contribution in [2.45, 2.75) is 6.61 Å². The van der Waals surface area contributed by atoms with Gasteiger partial charge in [0.25, 0.3) is 5.69 Å². The maximum Gasteiger partial charge on any atom is 0.274 e. The molecule has 0 aliphatic carbocycles. The molecule has 0 atom stereocenters. The van der Waals surface area contributed by atoms with Crippen LogP contribution in [0.5, 0.6) is 5.75 Å². The van der Waals surface area contributed by atoms with Gasteiger partial charge in [-0.15, -0.1) is 6.58 Å². The van der Waals surface area contributed by atoms with E-state index >= 15 is 0 Å². The third-order valence-electron chi connectivity index (χ3n) is 2.91. The normalized spacial score (nSPS) is 10.0. The second-order valence-corrected chi connectivity index (χ2v) is 5.36. The number of hydrogen-bond acceptors (Lipinski definition) is 4. The Balaban J connectivity index is 2.28. The fourth-order valence-corrected chi connectivity index (χ4v) is 2.44. The maximum absolute atomic E-state index is 11.0. The second kappa shape index (κ2) is 7.61. The van der Waals surface area contributed by atoms with E-state index in [-0.39, 0.29) is 5.69 Å². The van der Waals surface area contributed by atoms with Crippen LogP contribution in [0.15, 0.2) is 59.6 Å². The number of benzene rings is 2. The number of non-ortho nitro benzene ring substituents is 1. The Morgan fingerprint density at radius 3 is 2.68 bits per heavy atom. The van der Waals surface area contributed by atoms with E-state index in [1.807, 2.05) is 30.3 Å². The summed E-state index contributed by atoms with van der Waals surface area (Å²) in [5.41, 5.74) is 1.63. The molecule has 2 aromatic rings. The van der Waals surface area contributed by atoms with Crippen LogP contribution in [0, 0.1) is 10.1 Å². The highest BCUT2D eigenvalue weighted by Crippen LogP contribution is 2.37. The van der Waals surface area contributed by atoms with Gasteiger partial charge in [-0.2, -0.15) is 0 Å². The minimum atomic E-state index is -0.447. The molecule has 0 unspecified atom stereocenters. The lowest BCUT2D eigenvalue weighted by atomic mass is 10.2. The zero-order chi connectivity index (χ0) is 15.9. The van der Waals surface area contributed by atoms with Crippen molar-refractivity contribution in [1.29, 1.82) is 0 Å². The lowest BCUT2D eigenvalue weighted by Crippen LogP contribution is -2.04. The van der Waals surface area contributed by atoms with Crippen LogP contribution in [0.4, 0.5) is 11.4 Å². The fourth-order valence-electron chi connectivity index (χ4n) is 1.87. The molecule has 0 bridgehead atoms. The van der Waals surface area contributed by atoms with E-state index in [9.17, 15) is 10.1 Å². The number of anilines is 1. The first-order valence-corrected chi connectivity index (χ1v) is 7.40. The molecule has 2 aromatic carbocycles. The number of nitro benzene ring substituents is 1. The van der Waals surface area contributed by atoms with Crippen molar-refractivity contribution in [2.24, 2.45) is 0 Å². The Kier molecular flexibility index (Phi) is 5.55. The summed E-state index contributed by atoms with van der Waals surface area (Å²) in [6, 6.07) is 12.5. The summed E-state index contributed by atoms with van der Waals surface area (Å²) in [4.78, 5) is 10.6. The van der Waals surface area contributed by atoms with Crippen molar-refractivity contribution in [1.82, 2.24) is 0 Å². The molecule has 0 saturated heterocycles. The van der Waals surface area contributed by atoms with Gasteiger partial charge in [0.05, 0.1) is 21.1 Å². The first-order chi connectivity index (χ1) is 10.6. The predicted octanol–water partition coefficient (Wildman–Crippen LogP) is 4.53. The third kappa shape index (κ3) is 4.08. The second-order valence-electron chi connectivity index (χ2n) is 4.50. The van der Waals surface area contributed by atoms with Gasteiger partial charge >= 0.3 is 0 Å². The monoisotopic (exact) mass is 362 g/mol. The molecule has 0 fully saturated rings. The number of nitrogens with zero attached hydrogens (tertiary/aromatic N) is 1. The van der Waals surface area contributed by atoms with Crippen LogP contribution in [0.2, 0.25) is 0 Å². The van der Waals surface area contributed by atoms with Gasteiger partial charge in [-0.05, 0) is 21.5 Å². The molecule has 0 spiro atoms. The first kappa shape index (κ1) is 16.0. The van der Waals surface area contributed by atoms with E-state index in [1.165, 1.54) is 12.1 Å². The number of rotatable bonds is 7. The number of halogens is 1. The van der Waals surface area contributed by atoms with E-state index in [0.717, 1.165) is 5.56 Å². The summed E-state index contributed by atoms with van der Waals surface area (Å²) in [6.45, 7) is 4.50. The highest BCUT2D eigenvalue weighted by Gasteiger charge is 2.16. The SMILES string of the molecule is C=CCNc1c(Br)cc([N+](=O)[O-])cc1OCc1ccccc1. The average molecular weight is 363 g/mol.